The molecule has 10 aromatic rings. The highest BCUT2D eigenvalue weighted by Gasteiger charge is 2.18. The molecule has 0 atom stereocenters. The molecule has 0 aliphatic rings. The van der Waals surface area contributed by atoms with Crippen molar-refractivity contribution < 1.29 is 0 Å². The van der Waals surface area contributed by atoms with Crippen molar-refractivity contribution in [2.75, 3.05) is 0 Å². The van der Waals surface area contributed by atoms with Gasteiger partial charge in [-0.1, -0.05) is 103 Å². The van der Waals surface area contributed by atoms with Gasteiger partial charge in [0.25, 0.3) is 0 Å². The number of rotatable bonds is 5. The van der Waals surface area contributed by atoms with Crippen LogP contribution in [0.2, 0.25) is 0 Å². The van der Waals surface area contributed by atoms with E-state index in [1.54, 1.807) is 0 Å². The highest BCUT2D eigenvalue weighted by atomic mass is 15.0. The Bertz CT molecular complexity index is 2900. The van der Waals surface area contributed by atoms with Crippen LogP contribution in [0.15, 0.2) is 170 Å². The monoisotopic (exact) mass is 664 g/mol. The summed E-state index contributed by atoms with van der Waals surface area (Å²) in [5.74, 6) is 1.82. The van der Waals surface area contributed by atoms with Crippen LogP contribution in [0.3, 0.4) is 0 Å². The number of benzene rings is 6. The van der Waals surface area contributed by atoms with Crippen molar-refractivity contribution in [3.05, 3.63) is 170 Å². The molecule has 52 heavy (non-hydrogen) atoms. The number of hydrogen-bond acceptors (Lipinski definition) is 6. The molecule has 242 valence electrons. The first kappa shape index (κ1) is 29.7. The molecule has 0 unspecified atom stereocenters. The molecule has 10 rings (SSSR count). The molecule has 0 bridgehead atoms. The summed E-state index contributed by atoms with van der Waals surface area (Å²) in [7, 11) is 0. The number of aromatic nitrogens is 6. The van der Waals surface area contributed by atoms with Gasteiger partial charge in [0.05, 0.1) is 22.1 Å². The molecule has 0 N–H and O–H groups in total. The lowest BCUT2D eigenvalue weighted by Gasteiger charge is -2.15. The molecule has 0 saturated carbocycles. The summed E-state index contributed by atoms with van der Waals surface area (Å²) >= 11 is 0. The predicted molar refractivity (Wildman–Crippen MR) is 210 cm³/mol. The fraction of sp³-hybridized carbons (Fsp3) is 0. The zero-order valence-electron chi connectivity index (χ0n) is 27.8. The number of nitrogens with zero attached hydrogens (tertiary/aromatic N) is 6. The van der Waals surface area contributed by atoms with Crippen LogP contribution in [0.25, 0.3) is 100 Å². The van der Waals surface area contributed by atoms with Crippen molar-refractivity contribution in [2.45, 2.75) is 0 Å². The fourth-order valence-electron chi connectivity index (χ4n) is 7.07. The van der Waals surface area contributed by atoms with Gasteiger partial charge in [-0.15, -0.1) is 0 Å². The average Bonchev–Trinajstić information content (AvgIpc) is 3.22. The smallest absolute Gasteiger partial charge is 0.164 e. The highest BCUT2D eigenvalue weighted by molar-refractivity contribution is 6.11. The second-order valence-corrected chi connectivity index (χ2v) is 12.8. The molecule has 0 fully saturated rings. The van der Waals surface area contributed by atoms with Crippen LogP contribution in [0.4, 0.5) is 0 Å². The topological polar surface area (TPSA) is 77.3 Å². The zero-order chi connectivity index (χ0) is 34.4. The quantitative estimate of drug-likeness (QED) is 0.135. The molecule has 4 aromatic heterocycles. The highest BCUT2D eigenvalue weighted by Crippen LogP contribution is 2.39. The van der Waals surface area contributed by atoms with E-state index in [-0.39, 0.29) is 0 Å². The molecule has 0 amide bonds. The van der Waals surface area contributed by atoms with E-state index in [4.69, 9.17) is 29.9 Å². The van der Waals surface area contributed by atoms with E-state index in [2.05, 4.69) is 78.9 Å². The van der Waals surface area contributed by atoms with Crippen LogP contribution >= 0.6 is 0 Å². The van der Waals surface area contributed by atoms with Crippen LogP contribution in [0, 0.1) is 0 Å². The minimum Gasteiger partial charge on any atom is -0.254 e. The van der Waals surface area contributed by atoms with Crippen molar-refractivity contribution in [1.82, 2.24) is 29.9 Å². The molecule has 0 aliphatic carbocycles. The molecular formula is C46H28N6. The SMILES string of the molecule is c1ccc(-c2nc(-c3ccccc3)nc(-c3cc(-c4cccc5nc6ccccc6cc45)cc(-c4cc5cccnc5c5ncccc45)c3)n2)cc1. The van der Waals surface area contributed by atoms with Crippen molar-refractivity contribution in [1.29, 1.82) is 0 Å². The Balaban J connectivity index is 1.28. The number of hydrogen-bond donors (Lipinski definition) is 0. The third kappa shape index (κ3) is 5.22. The van der Waals surface area contributed by atoms with Gasteiger partial charge in [0.1, 0.15) is 0 Å². The summed E-state index contributed by atoms with van der Waals surface area (Å²) in [6.07, 6.45) is 3.65. The van der Waals surface area contributed by atoms with Crippen molar-refractivity contribution >= 4 is 43.6 Å². The van der Waals surface area contributed by atoms with Gasteiger partial charge in [0.15, 0.2) is 17.5 Å². The van der Waals surface area contributed by atoms with Crippen molar-refractivity contribution in [3.8, 4) is 56.4 Å². The van der Waals surface area contributed by atoms with Crippen LogP contribution in [-0.2, 0) is 0 Å². The third-order valence-electron chi connectivity index (χ3n) is 9.53. The normalized spacial score (nSPS) is 11.5. The summed E-state index contributed by atoms with van der Waals surface area (Å²) in [5, 5.41) is 4.21. The van der Waals surface area contributed by atoms with E-state index >= 15 is 0 Å². The lowest BCUT2D eigenvalue weighted by atomic mass is 9.91. The van der Waals surface area contributed by atoms with Crippen LogP contribution in [0.5, 0.6) is 0 Å². The van der Waals surface area contributed by atoms with Crippen molar-refractivity contribution in [2.24, 2.45) is 0 Å². The van der Waals surface area contributed by atoms with E-state index in [0.717, 1.165) is 82.6 Å². The lowest BCUT2D eigenvalue weighted by Crippen LogP contribution is -2.00. The number of fused-ring (bicyclic) bond motifs is 5. The largest absolute Gasteiger partial charge is 0.254 e. The molecule has 6 aromatic carbocycles. The summed E-state index contributed by atoms with van der Waals surface area (Å²) in [5.41, 5.74) is 10.5. The Hall–Kier alpha value is -7.18. The predicted octanol–water partition coefficient (Wildman–Crippen LogP) is 11.0. The van der Waals surface area contributed by atoms with Crippen LogP contribution in [0.1, 0.15) is 0 Å². The molecule has 0 aliphatic heterocycles. The van der Waals surface area contributed by atoms with E-state index in [1.165, 1.54) is 0 Å². The Morgan fingerprint density at radius 2 is 0.885 bits per heavy atom. The van der Waals surface area contributed by atoms with Gasteiger partial charge in [-0.25, -0.2) is 19.9 Å². The molecule has 6 nitrogen and oxygen atoms in total. The Kier molecular flexibility index (Phi) is 7.03. The third-order valence-corrected chi connectivity index (χ3v) is 9.53. The molecule has 4 heterocycles. The minimum atomic E-state index is 0.588. The van der Waals surface area contributed by atoms with Crippen molar-refractivity contribution in [3.63, 3.8) is 0 Å². The molecule has 0 radical (unpaired) electrons. The maximum Gasteiger partial charge on any atom is 0.164 e. The molecule has 0 spiro atoms. The zero-order valence-corrected chi connectivity index (χ0v) is 27.8. The Morgan fingerprint density at radius 1 is 0.308 bits per heavy atom. The number of para-hydroxylation sites is 1. The second-order valence-electron chi connectivity index (χ2n) is 12.8. The number of pyridine rings is 3. The van der Waals surface area contributed by atoms with Crippen LogP contribution < -0.4 is 0 Å². The standard InChI is InChI=1S/C46H28N6/c1-3-12-29(13-4-1)44-50-45(30-14-5-2-6-15-30)52-46(51-44)35-25-33(36-18-9-21-41-39(36)27-31-16-7-8-20-40(31)49-41)24-34(26-35)38-28-32-17-10-22-47-42(32)43-37(38)19-11-23-48-43/h1-28H. The van der Waals surface area contributed by atoms with Gasteiger partial charge in [-0.05, 0) is 76.9 Å². The maximum atomic E-state index is 5.13. The minimum absolute atomic E-state index is 0.588. The van der Waals surface area contributed by atoms with E-state index in [1.807, 2.05) is 91.3 Å². The summed E-state index contributed by atoms with van der Waals surface area (Å²) in [4.78, 5) is 29.8. The first-order valence-electron chi connectivity index (χ1n) is 17.2. The van der Waals surface area contributed by atoms with Gasteiger partial charge in [-0.3, -0.25) is 9.97 Å². The first-order valence-corrected chi connectivity index (χ1v) is 17.2. The van der Waals surface area contributed by atoms with Gasteiger partial charge >= 0.3 is 0 Å². The first-order chi connectivity index (χ1) is 25.7. The Labute approximate surface area is 299 Å². The van der Waals surface area contributed by atoms with Gasteiger partial charge in [0, 0.05) is 50.6 Å². The summed E-state index contributed by atoms with van der Waals surface area (Å²) in [6, 6.07) is 54.0. The summed E-state index contributed by atoms with van der Waals surface area (Å²) < 4.78 is 0. The molecule has 6 heteroatoms. The second kappa shape index (κ2) is 12.3. The van der Waals surface area contributed by atoms with E-state index in [0.29, 0.717) is 17.5 Å². The van der Waals surface area contributed by atoms with Crippen LogP contribution in [-0.4, -0.2) is 29.9 Å². The fourth-order valence-corrected chi connectivity index (χ4v) is 7.07. The van der Waals surface area contributed by atoms with Gasteiger partial charge < -0.3 is 0 Å². The Morgan fingerprint density at radius 3 is 1.63 bits per heavy atom. The average molecular weight is 665 g/mol. The van der Waals surface area contributed by atoms with Gasteiger partial charge in [0.2, 0.25) is 0 Å². The maximum absolute atomic E-state index is 5.13. The molecular weight excluding hydrogens is 637 g/mol. The lowest BCUT2D eigenvalue weighted by molar-refractivity contribution is 1.07. The van der Waals surface area contributed by atoms with E-state index in [9.17, 15) is 0 Å². The summed E-state index contributed by atoms with van der Waals surface area (Å²) in [6.45, 7) is 0. The van der Waals surface area contributed by atoms with E-state index < -0.39 is 0 Å². The molecule has 0 saturated heterocycles. The van der Waals surface area contributed by atoms with Gasteiger partial charge in [-0.2, -0.15) is 0 Å².